The van der Waals surface area contributed by atoms with Crippen LogP contribution in [0.1, 0.15) is 15.9 Å². The minimum absolute atomic E-state index is 0.134. The molecule has 0 aliphatic carbocycles. The number of amides is 1. The second-order valence-electron chi connectivity index (χ2n) is 6.25. The summed E-state index contributed by atoms with van der Waals surface area (Å²) in [4.78, 5) is 14.3. The molecule has 0 heterocycles. The van der Waals surface area contributed by atoms with Crippen molar-refractivity contribution in [3.8, 4) is 5.75 Å². The van der Waals surface area contributed by atoms with E-state index in [1.54, 1.807) is 7.05 Å². The Morgan fingerprint density at radius 1 is 1.04 bits per heavy atom. The molecule has 3 aromatic rings. The van der Waals surface area contributed by atoms with Gasteiger partial charge < -0.3 is 9.64 Å². The van der Waals surface area contributed by atoms with Crippen LogP contribution in [-0.2, 0) is 16.6 Å². The van der Waals surface area contributed by atoms with Gasteiger partial charge in [-0.1, -0.05) is 36.4 Å². The lowest BCUT2D eigenvalue weighted by Crippen LogP contribution is -2.27. The maximum atomic E-state index is 12.9. The van der Waals surface area contributed by atoms with E-state index in [4.69, 9.17) is 9.88 Å². The number of fused-ring (bicyclic) bond motifs is 1. The molecule has 0 aromatic heterocycles. The smallest absolute Gasteiger partial charge is 0.257 e. The second-order valence-corrected chi connectivity index (χ2v) is 7.81. The van der Waals surface area contributed by atoms with Crippen molar-refractivity contribution < 1.29 is 17.9 Å². The number of nitrogens with zero attached hydrogens (tertiary/aromatic N) is 1. The molecule has 0 saturated heterocycles. The summed E-state index contributed by atoms with van der Waals surface area (Å²) >= 11 is 0. The Balaban J connectivity index is 1.90. The van der Waals surface area contributed by atoms with Crippen LogP contribution >= 0.6 is 0 Å². The van der Waals surface area contributed by atoms with Gasteiger partial charge in [0.25, 0.3) is 5.91 Å². The summed E-state index contributed by atoms with van der Waals surface area (Å²) in [5.74, 6) is -0.0664. The number of sulfonamides is 1. The van der Waals surface area contributed by atoms with E-state index in [-0.39, 0.29) is 22.1 Å². The molecule has 0 radical (unpaired) electrons. The van der Waals surface area contributed by atoms with Gasteiger partial charge in [-0.05, 0) is 40.6 Å². The molecular weight excluding hydrogens is 364 g/mol. The number of carbonyl (C=O) groups excluding carboxylic acids is 1. The summed E-state index contributed by atoms with van der Waals surface area (Å²) in [6.45, 7) is 0.367. The molecule has 27 heavy (non-hydrogen) atoms. The maximum absolute atomic E-state index is 12.9. The minimum Gasteiger partial charge on any atom is -0.496 e. The molecule has 0 fully saturated rings. The molecule has 2 N–H and O–H groups in total. The lowest BCUT2D eigenvalue weighted by Gasteiger charge is -2.19. The van der Waals surface area contributed by atoms with Gasteiger partial charge >= 0.3 is 0 Å². The van der Waals surface area contributed by atoms with Crippen LogP contribution in [0, 0.1) is 0 Å². The Hall–Kier alpha value is -2.90. The number of primary sulfonamides is 1. The monoisotopic (exact) mass is 384 g/mol. The summed E-state index contributed by atoms with van der Waals surface area (Å²) in [6, 6.07) is 18.0. The summed E-state index contributed by atoms with van der Waals surface area (Å²) < 4.78 is 28.4. The Kier molecular flexibility index (Phi) is 5.16. The molecular formula is C20H20N2O4S. The topological polar surface area (TPSA) is 89.7 Å². The first-order chi connectivity index (χ1) is 12.8. The lowest BCUT2D eigenvalue weighted by atomic mass is 10.1. The fourth-order valence-electron chi connectivity index (χ4n) is 2.92. The van der Waals surface area contributed by atoms with Crippen LogP contribution in [0.25, 0.3) is 10.8 Å². The standard InChI is InChI=1S/C20H20N2O4S/c1-22(13-14-7-8-15-5-3-4-6-16(15)11-14)20(23)18-12-17(27(21,24)25)9-10-19(18)26-2/h3-12H,13H2,1-2H3,(H2,21,24,25). The average molecular weight is 384 g/mol. The number of carbonyl (C=O) groups is 1. The van der Waals surface area contributed by atoms with Gasteiger partial charge in [-0.3, -0.25) is 4.79 Å². The van der Waals surface area contributed by atoms with Gasteiger partial charge in [-0.25, -0.2) is 13.6 Å². The second kappa shape index (κ2) is 7.38. The van der Waals surface area contributed by atoms with Crippen molar-refractivity contribution in [3.05, 3.63) is 71.8 Å². The van der Waals surface area contributed by atoms with Crippen LogP contribution in [0.4, 0.5) is 0 Å². The molecule has 0 atom stereocenters. The number of rotatable bonds is 5. The highest BCUT2D eigenvalue weighted by atomic mass is 32.2. The van der Waals surface area contributed by atoms with Crippen molar-refractivity contribution in [1.29, 1.82) is 0 Å². The highest BCUT2D eigenvalue weighted by molar-refractivity contribution is 7.89. The van der Waals surface area contributed by atoms with Crippen molar-refractivity contribution in [2.24, 2.45) is 5.14 Å². The summed E-state index contributed by atoms with van der Waals surface area (Å²) in [5, 5.41) is 7.39. The van der Waals surface area contributed by atoms with Gasteiger partial charge in [-0.15, -0.1) is 0 Å². The molecule has 140 valence electrons. The molecule has 0 aliphatic rings. The van der Waals surface area contributed by atoms with Crippen LogP contribution in [0.3, 0.4) is 0 Å². The van der Waals surface area contributed by atoms with Gasteiger partial charge in [0.15, 0.2) is 0 Å². The SMILES string of the molecule is COc1ccc(S(N)(=O)=O)cc1C(=O)N(C)Cc1ccc2ccccc2c1. The third kappa shape index (κ3) is 4.10. The van der Waals surface area contributed by atoms with Crippen LogP contribution in [-0.4, -0.2) is 33.4 Å². The molecule has 3 rings (SSSR count). The zero-order valence-electron chi connectivity index (χ0n) is 15.0. The first kappa shape index (κ1) is 18.9. The summed E-state index contributed by atoms with van der Waals surface area (Å²) in [6.07, 6.45) is 0. The largest absolute Gasteiger partial charge is 0.496 e. The number of methoxy groups -OCH3 is 1. The molecule has 0 unspecified atom stereocenters. The van der Waals surface area contributed by atoms with E-state index >= 15 is 0 Å². The fraction of sp³-hybridized carbons (Fsp3) is 0.150. The molecule has 0 aliphatic heterocycles. The predicted octanol–water partition coefficient (Wildman–Crippen LogP) is 2.77. The lowest BCUT2D eigenvalue weighted by molar-refractivity contribution is 0.0781. The highest BCUT2D eigenvalue weighted by Gasteiger charge is 2.20. The van der Waals surface area contributed by atoms with Crippen molar-refractivity contribution >= 4 is 26.7 Å². The molecule has 0 spiro atoms. The Morgan fingerprint density at radius 3 is 2.41 bits per heavy atom. The normalized spacial score (nSPS) is 11.4. The van der Waals surface area contributed by atoms with E-state index in [9.17, 15) is 13.2 Å². The minimum atomic E-state index is -3.92. The summed E-state index contributed by atoms with van der Waals surface area (Å²) in [7, 11) is -0.843. The number of nitrogens with two attached hydrogens (primary N) is 1. The van der Waals surface area contributed by atoms with Gasteiger partial charge in [-0.2, -0.15) is 0 Å². The van der Waals surface area contributed by atoms with E-state index in [1.165, 1.54) is 30.2 Å². The van der Waals surface area contributed by atoms with E-state index < -0.39 is 10.0 Å². The van der Waals surface area contributed by atoms with E-state index in [0.717, 1.165) is 16.3 Å². The van der Waals surface area contributed by atoms with E-state index in [2.05, 4.69) is 0 Å². The Labute approximate surface area is 158 Å². The van der Waals surface area contributed by atoms with Crippen LogP contribution < -0.4 is 9.88 Å². The van der Waals surface area contributed by atoms with Gasteiger partial charge in [0.1, 0.15) is 5.75 Å². The predicted molar refractivity (Wildman–Crippen MR) is 104 cm³/mol. The van der Waals surface area contributed by atoms with Crippen LogP contribution in [0.15, 0.2) is 65.6 Å². The number of hydrogen-bond acceptors (Lipinski definition) is 4. The summed E-state index contributed by atoms with van der Waals surface area (Å²) in [5.41, 5.74) is 1.11. The number of ether oxygens (including phenoxy) is 1. The molecule has 3 aromatic carbocycles. The molecule has 7 heteroatoms. The molecule has 0 saturated carbocycles. The van der Waals surface area contributed by atoms with Gasteiger partial charge in [0, 0.05) is 13.6 Å². The Morgan fingerprint density at radius 2 is 1.74 bits per heavy atom. The third-order valence-corrected chi connectivity index (χ3v) is 5.22. The van der Waals surface area contributed by atoms with Crippen molar-refractivity contribution in [3.63, 3.8) is 0 Å². The first-order valence-electron chi connectivity index (χ1n) is 8.23. The van der Waals surface area contributed by atoms with Crippen LogP contribution in [0.2, 0.25) is 0 Å². The average Bonchev–Trinajstić information content (AvgIpc) is 2.66. The molecule has 1 amide bonds. The van der Waals surface area contributed by atoms with E-state index in [1.807, 2.05) is 42.5 Å². The zero-order chi connectivity index (χ0) is 19.6. The maximum Gasteiger partial charge on any atom is 0.257 e. The zero-order valence-corrected chi connectivity index (χ0v) is 15.9. The van der Waals surface area contributed by atoms with Crippen molar-refractivity contribution in [1.82, 2.24) is 4.90 Å². The van der Waals surface area contributed by atoms with Gasteiger partial charge in [0.05, 0.1) is 17.6 Å². The van der Waals surface area contributed by atoms with Gasteiger partial charge in [0.2, 0.25) is 10.0 Å². The molecule has 0 bridgehead atoms. The first-order valence-corrected chi connectivity index (χ1v) is 9.78. The van der Waals surface area contributed by atoms with Crippen molar-refractivity contribution in [2.75, 3.05) is 14.2 Å². The van der Waals surface area contributed by atoms with E-state index in [0.29, 0.717) is 6.54 Å². The highest BCUT2D eigenvalue weighted by Crippen LogP contribution is 2.24. The third-order valence-electron chi connectivity index (χ3n) is 4.31. The fourth-order valence-corrected chi connectivity index (χ4v) is 3.46. The quantitative estimate of drug-likeness (QED) is 0.732. The molecule has 6 nitrogen and oxygen atoms in total. The number of benzene rings is 3. The van der Waals surface area contributed by atoms with Crippen LogP contribution in [0.5, 0.6) is 5.75 Å². The van der Waals surface area contributed by atoms with Crippen molar-refractivity contribution in [2.45, 2.75) is 11.4 Å². The number of hydrogen-bond donors (Lipinski definition) is 1. The Bertz CT molecular complexity index is 1110.